The molecule has 1 N–H and O–H groups in total. The van der Waals surface area contributed by atoms with Gasteiger partial charge < -0.3 is 9.88 Å². The van der Waals surface area contributed by atoms with Gasteiger partial charge in [0.2, 0.25) is 5.91 Å². The zero-order chi connectivity index (χ0) is 19.9. The highest BCUT2D eigenvalue weighted by molar-refractivity contribution is 7.99. The molecular formula is C21H27ClN4OS. The fourth-order valence-corrected chi connectivity index (χ4v) is 4.61. The lowest BCUT2D eigenvalue weighted by Gasteiger charge is -2.21. The van der Waals surface area contributed by atoms with E-state index in [1.165, 1.54) is 31.0 Å². The number of hydrogen-bond donors (Lipinski definition) is 1. The minimum atomic E-state index is -0.101. The molecule has 1 aliphatic carbocycles. The lowest BCUT2D eigenvalue weighted by molar-refractivity contribution is -0.119. The number of aromatic nitrogens is 3. The molecule has 7 heteroatoms. The van der Waals surface area contributed by atoms with Crippen molar-refractivity contribution in [3.05, 3.63) is 53.3 Å². The molecule has 5 nitrogen and oxygen atoms in total. The van der Waals surface area contributed by atoms with E-state index in [9.17, 15) is 4.79 Å². The third-order valence-electron chi connectivity index (χ3n) is 5.09. The Bertz CT molecular complexity index is 816. The van der Waals surface area contributed by atoms with E-state index in [4.69, 9.17) is 11.6 Å². The number of allylic oxidation sites excluding steroid dienone is 1. The minimum absolute atomic E-state index is 0.0372. The van der Waals surface area contributed by atoms with Gasteiger partial charge in [0.05, 0.1) is 11.8 Å². The van der Waals surface area contributed by atoms with Crippen LogP contribution in [0.1, 0.15) is 62.4 Å². The number of nitrogens with zero attached hydrogens (tertiary/aromatic N) is 3. The summed E-state index contributed by atoms with van der Waals surface area (Å²) in [6.07, 6.45) is 7.99. The van der Waals surface area contributed by atoms with Crippen molar-refractivity contribution in [1.82, 2.24) is 20.1 Å². The SMILES string of the molecule is C=CCn1c(SCC(=O)NC(C)c2cccc(Cl)c2)nnc1C1CCCCC1. The number of nitrogens with one attached hydrogen (secondary N) is 1. The maximum absolute atomic E-state index is 12.4. The van der Waals surface area contributed by atoms with Crippen LogP contribution in [-0.4, -0.2) is 26.4 Å². The van der Waals surface area contributed by atoms with Gasteiger partial charge in [0.1, 0.15) is 5.82 Å². The highest BCUT2D eigenvalue weighted by Gasteiger charge is 2.23. The molecule has 1 heterocycles. The van der Waals surface area contributed by atoms with Crippen LogP contribution in [0.25, 0.3) is 0 Å². The fourth-order valence-electron chi connectivity index (χ4n) is 3.64. The molecule has 1 atom stereocenters. The second-order valence-electron chi connectivity index (χ2n) is 7.21. The molecule has 0 radical (unpaired) electrons. The number of benzene rings is 1. The van der Waals surface area contributed by atoms with Crippen LogP contribution in [0.3, 0.4) is 0 Å². The predicted octanol–water partition coefficient (Wildman–Crippen LogP) is 5.13. The Morgan fingerprint density at radius 1 is 1.39 bits per heavy atom. The van der Waals surface area contributed by atoms with Gasteiger partial charge in [-0.3, -0.25) is 4.79 Å². The Labute approximate surface area is 176 Å². The summed E-state index contributed by atoms with van der Waals surface area (Å²) < 4.78 is 2.11. The fraction of sp³-hybridized carbons (Fsp3) is 0.476. The van der Waals surface area contributed by atoms with Crippen LogP contribution in [0, 0.1) is 0 Å². The molecule has 1 fully saturated rings. The molecule has 1 aromatic heterocycles. The number of carbonyl (C=O) groups excluding carboxylic acids is 1. The van der Waals surface area contributed by atoms with Gasteiger partial charge in [-0.15, -0.1) is 16.8 Å². The Hall–Kier alpha value is -1.79. The Morgan fingerprint density at radius 2 is 2.18 bits per heavy atom. The van der Waals surface area contributed by atoms with E-state index in [0.717, 1.165) is 29.4 Å². The average Bonchev–Trinajstić information content (AvgIpc) is 3.10. The van der Waals surface area contributed by atoms with Gasteiger partial charge in [-0.25, -0.2) is 0 Å². The van der Waals surface area contributed by atoms with Crippen molar-refractivity contribution in [3.8, 4) is 0 Å². The van der Waals surface area contributed by atoms with Crippen LogP contribution in [0.2, 0.25) is 5.02 Å². The maximum atomic E-state index is 12.4. The summed E-state index contributed by atoms with van der Waals surface area (Å²) in [5, 5.41) is 13.3. The first-order valence-corrected chi connectivity index (χ1v) is 11.2. The Kier molecular flexibility index (Phi) is 7.57. The third kappa shape index (κ3) is 5.39. The molecule has 0 saturated heterocycles. The van der Waals surface area contributed by atoms with E-state index in [0.29, 0.717) is 23.2 Å². The molecule has 1 amide bonds. The number of hydrogen-bond acceptors (Lipinski definition) is 4. The molecule has 150 valence electrons. The summed E-state index contributed by atoms with van der Waals surface area (Å²) in [7, 11) is 0. The first kappa shape index (κ1) is 20.9. The van der Waals surface area contributed by atoms with Crippen LogP contribution in [0.4, 0.5) is 0 Å². The van der Waals surface area contributed by atoms with Gasteiger partial charge in [-0.05, 0) is 37.5 Å². The van der Waals surface area contributed by atoms with Gasteiger partial charge in [0.15, 0.2) is 5.16 Å². The Balaban J connectivity index is 1.61. The Morgan fingerprint density at radius 3 is 2.89 bits per heavy atom. The van der Waals surface area contributed by atoms with Gasteiger partial charge in [0.25, 0.3) is 0 Å². The molecule has 1 aromatic carbocycles. The summed E-state index contributed by atoms with van der Waals surface area (Å²) in [5.74, 6) is 1.76. The zero-order valence-corrected chi connectivity index (χ0v) is 17.8. The van der Waals surface area contributed by atoms with E-state index < -0.39 is 0 Å². The first-order valence-electron chi connectivity index (χ1n) is 9.80. The summed E-state index contributed by atoms with van der Waals surface area (Å²) in [6, 6.07) is 7.44. The molecule has 0 spiro atoms. The normalized spacial score (nSPS) is 15.9. The molecule has 2 aromatic rings. The minimum Gasteiger partial charge on any atom is -0.349 e. The number of rotatable bonds is 8. The molecule has 1 unspecified atom stereocenters. The molecule has 1 saturated carbocycles. The van der Waals surface area contributed by atoms with Crippen LogP contribution < -0.4 is 5.32 Å². The number of amides is 1. The lowest BCUT2D eigenvalue weighted by atomic mass is 9.89. The monoisotopic (exact) mass is 418 g/mol. The standard InChI is InChI=1S/C21H27ClN4OS/c1-3-12-26-20(16-8-5-4-6-9-16)24-25-21(26)28-14-19(27)23-15(2)17-10-7-11-18(22)13-17/h3,7,10-11,13,15-16H,1,4-6,8-9,12,14H2,2H3,(H,23,27). The van der Waals surface area contributed by atoms with E-state index in [2.05, 4.69) is 26.7 Å². The molecule has 3 rings (SSSR count). The van der Waals surface area contributed by atoms with Gasteiger partial charge in [-0.2, -0.15) is 0 Å². The maximum Gasteiger partial charge on any atom is 0.230 e. The van der Waals surface area contributed by atoms with E-state index in [1.54, 1.807) is 0 Å². The second-order valence-corrected chi connectivity index (χ2v) is 8.59. The topological polar surface area (TPSA) is 59.8 Å². The number of thioether (sulfide) groups is 1. The highest BCUT2D eigenvalue weighted by Crippen LogP contribution is 2.33. The molecule has 0 bridgehead atoms. The summed E-state index contributed by atoms with van der Waals surface area (Å²) >= 11 is 7.46. The lowest BCUT2D eigenvalue weighted by Crippen LogP contribution is -2.28. The van der Waals surface area contributed by atoms with Gasteiger partial charge in [-0.1, -0.05) is 60.8 Å². The molecule has 0 aliphatic heterocycles. The van der Waals surface area contributed by atoms with Crippen LogP contribution in [0.15, 0.2) is 42.1 Å². The van der Waals surface area contributed by atoms with Crippen LogP contribution in [0.5, 0.6) is 0 Å². The van der Waals surface area contributed by atoms with Crippen molar-refractivity contribution >= 4 is 29.3 Å². The van der Waals surface area contributed by atoms with Crippen LogP contribution in [-0.2, 0) is 11.3 Å². The van der Waals surface area contributed by atoms with Crippen molar-refractivity contribution in [2.75, 3.05) is 5.75 Å². The number of carbonyl (C=O) groups is 1. The summed E-state index contributed by atoms with van der Waals surface area (Å²) in [4.78, 5) is 12.4. The average molecular weight is 419 g/mol. The van der Waals surface area contributed by atoms with Gasteiger partial charge in [0, 0.05) is 17.5 Å². The smallest absolute Gasteiger partial charge is 0.230 e. The van der Waals surface area contributed by atoms with Gasteiger partial charge >= 0.3 is 0 Å². The van der Waals surface area contributed by atoms with Crippen molar-refractivity contribution in [1.29, 1.82) is 0 Å². The van der Waals surface area contributed by atoms with E-state index in [1.807, 2.05) is 37.3 Å². The summed E-state index contributed by atoms with van der Waals surface area (Å²) in [5.41, 5.74) is 0.986. The predicted molar refractivity (Wildman–Crippen MR) is 115 cm³/mol. The molecular weight excluding hydrogens is 392 g/mol. The first-order chi connectivity index (χ1) is 13.6. The third-order valence-corrected chi connectivity index (χ3v) is 6.29. The molecule has 28 heavy (non-hydrogen) atoms. The van der Waals surface area contributed by atoms with Crippen molar-refractivity contribution in [3.63, 3.8) is 0 Å². The van der Waals surface area contributed by atoms with Crippen LogP contribution >= 0.6 is 23.4 Å². The second kappa shape index (κ2) is 10.1. The highest BCUT2D eigenvalue weighted by atomic mass is 35.5. The van der Waals surface area contributed by atoms with E-state index >= 15 is 0 Å². The van der Waals surface area contributed by atoms with E-state index in [-0.39, 0.29) is 11.9 Å². The quantitative estimate of drug-likeness (QED) is 0.476. The molecule has 1 aliphatic rings. The van der Waals surface area contributed by atoms with Crippen molar-refractivity contribution in [2.45, 2.75) is 62.7 Å². The van der Waals surface area contributed by atoms with Crippen molar-refractivity contribution < 1.29 is 4.79 Å². The van der Waals surface area contributed by atoms with Crippen molar-refractivity contribution in [2.24, 2.45) is 0 Å². The summed E-state index contributed by atoms with van der Waals surface area (Å²) in [6.45, 7) is 6.48. The number of halogens is 1. The largest absolute Gasteiger partial charge is 0.349 e. The zero-order valence-electron chi connectivity index (χ0n) is 16.2.